The van der Waals surface area contributed by atoms with Crippen LogP contribution in [0.3, 0.4) is 0 Å². The highest BCUT2D eigenvalue weighted by Crippen LogP contribution is 2.22. The molecule has 1 heterocycles. The van der Waals surface area contributed by atoms with E-state index < -0.39 is 0 Å². The molecule has 1 atom stereocenters. The molecule has 0 aromatic heterocycles. The first-order valence-electron chi connectivity index (χ1n) is 8.79. The van der Waals surface area contributed by atoms with E-state index in [4.69, 9.17) is 0 Å². The minimum atomic E-state index is -0.250. The van der Waals surface area contributed by atoms with E-state index in [9.17, 15) is 10.1 Å². The SMILES string of the molecule is CCc1ccc(C(C#N)N2CCN(C(=O)c3ccccc3)CC2)cc1. The molecule has 0 aliphatic carbocycles. The van der Waals surface area contributed by atoms with Crippen molar-refractivity contribution in [1.82, 2.24) is 9.80 Å². The molecule has 0 saturated carbocycles. The van der Waals surface area contributed by atoms with Gasteiger partial charge < -0.3 is 4.90 Å². The third-order valence-electron chi connectivity index (χ3n) is 4.81. The molecule has 1 unspecified atom stereocenters. The fraction of sp³-hybridized carbons (Fsp3) is 0.333. The number of rotatable bonds is 4. The van der Waals surface area contributed by atoms with Crippen molar-refractivity contribution in [3.8, 4) is 6.07 Å². The Morgan fingerprint density at radius 3 is 2.24 bits per heavy atom. The first-order valence-corrected chi connectivity index (χ1v) is 8.79. The third kappa shape index (κ3) is 3.89. The Balaban J connectivity index is 1.64. The number of carbonyl (C=O) groups is 1. The summed E-state index contributed by atoms with van der Waals surface area (Å²) in [6.45, 7) is 4.86. The molecule has 2 aromatic carbocycles. The highest BCUT2D eigenvalue weighted by molar-refractivity contribution is 5.94. The Labute approximate surface area is 149 Å². The van der Waals surface area contributed by atoms with Crippen molar-refractivity contribution in [2.45, 2.75) is 19.4 Å². The molecule has 128 valence electrons. The Hall–Kier alpha value is -2.64. The van der Waals surface area contributed by atoms with Crippen molar-refractivity contribution in [2.24, 2.45) is 0 Å². The lowest BCUT2D eigenvalue weighted by atomic mass is 10.0. The van der Waals surface area contributed by atoms with Crippen LogP contribution in [0.15, 0.2) is 54.6 Å². The maximum Gasteiger partial charge on any atom is 0.253 e. The number of carbonyl (C=O) groups excluding carboxylic acids is 1. The second-order valence-corrected chi connectivity index (χ2v) is 6.32. The van der Waals surface area contributed by atoms with Crippen LogP contribution < -0.4 is 0 Å². The molecular weight excluding hydrogens is 310 g/mol. The predicted molar refractivity (Wildman–Crippen MR) is 98.1 cm³/mol. The minimum absolute atomic E-state index is 0.0704. The van der Waals surface area contributed by atoms with Crippen molar-refractivity contribution in [1.29, 1.82) is 5.26 Å². The number of piperazine rings is 1. The lowest BCUT2D eigenvalue weighted by molar-refractivity contribution is 0.0606. The van der Waals surface area contributed by atoms with Crippen LogP contribution in [-0.4, -0.2) is 41.9 Å². The molecule has 0 radical (unpaired) electrons. The average molecular weight is 333 g/mol. The zero-order valence-corrected chi connectivity index (χ0v) is 14.6. The number of benzene rings is 2. The summed E-state index contributed by atoms with van der Waals surface area (Å²) >= 11 is 0. The van der Waals surface area contributed by atoms with E-state index in [1.807, 2.05) is 47.4 Å². The van der Waals surface area contributed by atoms with Crippen LogP contribution in [0.4, 0.5) is 0 Å². The highest BCUT2D eigenvalue weighted by atomic mass is 16.2. The van der Waals surface area contributed by atoms with Crippen LogP contribution in [0.25, 0.3) is 0 Å². The van der Waals surface area contributed by atoms with Crippen LogP contribution in [0, 0.1) is 11.3 Å². The van der Waals surface area contributed by atoms with E-state index in [0.717, 1.165) is 17.5 Å². The zero-order chi connectivity index (χ0) is 17.6. The Morgan fingerprint density at radius 2 is 1.68 bits per heavy atom. The first-order chi connectivity index (χ1) is 12.2. The van der Waals surface area contributed by atoms with E-state index in [2.05, 4.69) is 30.0 Å². The maximum atomic E-state index is 12.5. The minimum Gasteiger partial charge on any atom is -0.336 e. The Morgan fingerprint density at radius 1 is 1.04 bits per heavy atom. The Bertz CT molecular complexity index is 741. The number of amides is 1. The van der Waals surface area contributed by atoms with Gasteiger partial charge in [0.25, 0.3) is 5.91 Å². The summed E-state index contributed by atoms with van der Waals surface area (Å²) in [5.74, 6) is 0.0704. The molecule has 2 aromatic rings. The van der Waals surface area contributed by atoms with Crippen molar-refractivity contribution >= 4 is 5.91 Å². The topological polar surface area (TPSA) is 47.3 Å². The summed E-state index contributed by atoms with van der Waals surface area (Å²) in [5, 5.41) is 9.64. The second kappa shape index (κ2) is 7.96. The number of hydrogen-bond acceptors (Lipinski definition) is 3. The summed E-state index contributed by atoms with van der Waals surface area (Å²) in [7, 11) is 0. The van der Waals surface area contributed by atoms with Crippen LogP contribution in [0.2, 0.25) is 0 Å². The molecule has 25 heavy (non-hydrogen) atoms. The molecule has 0 N–H and O–H groups in total. The molecule has 1 amide bonds. The zero-order valence-electron chi connectivity index (χ0n) is 14.6. The number of nitriles is 1. The van der Waals surface area contributed by atoms with E-state index in [1.54, 1.807) is 0 Å². The molecule has 1 saturated heterocycles. The highest BCUT2D eigenvalue weighted by Gasteiger charge is 2.27. The monoisotopic (exact) mass is 333 g/mol. The van der Waals surface area contributed by atoms with Crippen LogP contribution >= 0.6 is 0 Å². The van der Waals surface area contributed by atoms with Crippen LogP contribution in [0.1, 0.15) is 34.5 Å². The molecule has 3 rings (SSSR count). The lowest BCUT2D eigenvalue weighted by Gasteiger charge is -2.37. The number of hydrogen-bond donors (Lipinski definition) is 0. The van der Waals surface area contributed by atoms with Gasteiger partial charge in [0.2, 0.25) is 0 Å². The predicted octanol–water partition coefficient (Wildman–Crippen LogP) is 3.27. The van der Waals surface area contributed by atoms with Gasteiger partial charge in [0.1, 0.15) is 6.04 Å². The van der Waals surface area contributed by atoms with Gasteiger partial charge in [-0.25, -0.2) is 0 Å². The van der Waals surface area contributed by atoms with Crippen molar-refractivity contribution in [3.63, 3.8) is 0 Å². The van der Waals surface area contributed by atoms with Gasteiger partial charge in [-0.15, -0.1) is 0 Å². The smallest absolute Gasteiger partial charge is 0.253 e. The van der Waals surface area contributed by atoms with Gasteiger partial charge in [0, 0.05) is 31.7 Å². The van der Waals surface area contributed by atoms with E-state index in [0.29, 0.717) is 26.2 Å². The van der Waals surface area contributed by atoms with E-state index in [-0.39, 0.29) is 11.9 Å². The fourth-order valence-electron chi connectivity index (χ4n) is 3.25. The molecule has 1 fully saturated rings. The van der Waals surface area contributed by atoms with Crippen LogP contribution in [0.5, 0.6) is 0 Å². The average Bonchev–Trinajstić information content (AvgIpc) is 2.70. The van der Waals surface area contributed by atoms with Crippen molar-refractivity contribution in [2.75, 3.05) is 26.2 Å². The van der Waals surface area contributed by atoms with Crippen LogP contribution in [-0.2, 0) is 6.42 Å². The van der Waals surface area contributed by atoms with Crippen molar-refractivity contribution in [3.05, 3.63) is 71.3 Å². The summed E-state index contributed by atoms with van der Waals surface area (Å²) in [6, 6.07) is 19.8. The molecule has 4 nitrogen and oxygen atoms in total. The maximum absolute atomic E-state index is 12.5. The number of aryl methyl sites for hydroxylation is 1. The quantitative estimate of drug-likeness (QED) is 0.863. The van der Waals surface area contributed by atoms with Gasteiger partial charge in [0.15, 0.2) is 0 Å². The van der Waals surface area contributed by atoms with E-state index in [1.165, 1.54) is 5.56 Å². The van der Waals surface area contributed by atoms with Gasteiger partial charge in [-0.2, -0.15) is 5.26 Å². The summed E-state index contributed by atoms with van der Waals surface area (Å²) in [6.07, 6.45) is 0.998. The molecular formula is C21H23N3O. The van der Waals surface area contributed by atoms with Gasteiger partial charge in [-0.05, 0) is 29.7 Å². The largest absolute Gasteiger partial charge is 0.336 e. The molecule has 0 bridgehead atoms. The fourth-order valence-corrected chi connectivity index (χ4v) is 3.25. The van der Waals surface area contributed by atoms with E-state index >= 15 is 0 Å². The third-order valence-corrected chi connectivity index (χ3v) is 4.81. The molecule has 1 aliphatic heterocycles. The number of nitrogens with zero attached hydrogens (tertiary/aromatic N) is 3. The van der Waals surface area contributed by atoms with Gasteiger partial charge in [0.05, 0.1) is 6.07 Å². The molecule has 1 aliphatic rings. The van der Waals surface area contributed by atoms with Gasteiger partial charge in [-0.1, -0.05) is 49.4 Å². The van der Waals surface area contributed by atoms with Crippen molar-refractivity contribution < 1.29 is 4.79 Å². The van der Waals surface area contributed by atoms with Gasteiger partial charge >= 0.3 is 0 Å². The summed E-state index contributed by atoms with van der Waals surface area (Å²) in [5.41, 5.74) is 3.03. The summed E-state index contributed by atoms with van der Waals surface area (Å²) in [4.78, 5) is 16.6. The summed E-state index contributed by atoms with van der Waals surface area (Å²) < 4.78 is 0. The first kappa shape index (κ1) is 17.2. The second-order valence-electron chi connectivity index (χ2n) is 6.32. The molecule has 0 spiro atoms. The molecule has 4 heteroatoms. The van der Waals surface area contributed by atoms with Gasteiger partial charge in [-0.3, -0.25) is 9.69 Å². The normalized spacial score (nSPS) is 16.2. The standard InChI is InChI=1S/C21H23N3O/c1-2-17-8-10-18(11-9-17)20(16-22)23-12-14-24(15-13-23)21(25)19-6-4-3-5-7-19/h3-11,20H,2,12-15H2,1H3. The lowest BCUT2D eigenvalue weighted by Crippen LogP contribution is -2.49. The Kier molecular flexibility index (Phi) is 5.47.